The minimum Gasteiger partial charge on any atom is -0.300 e. The van der Waals surface area contributed by atoms with Gasteiger partial charge in [0, 0.05) is 23.8 Å². The van der Waals surface area contributed by atoms with Gasteiger partial charge in [-0.15, -0.1) is 11.3 Å². The summed E-state index contributed by atoms with van der Waals surface area (Å²) < 4.78 is 0. The summed E-state index contributed by atoms with van der Waals surface area (Å²) in [6, 6.07) is 8.17. The molecule has 0 aliphatic carbocycles. The van der Waals surface area contributed by atoms with Gasteiger partial charge in [0.25, 0.3) is 0 Å². The molecule has 7 heteroatoms. The highest BCUT2D eigenvalue weighted by atomic mass is 32.1. The molecule has 1 aliphatic rings. The number of imide groups is 1. The molecule has 0 atom stereocenters. The molecule has 2 heterocycles. The largest absolute Gasteiger partial charge is 0.300 e. The third-order valence-electron chi connectivity index (χ3n) is 4.08. The molecule has 3 amide bonds. The Kier molecular flexibility index (Phi) is 4.94. The van der Waals surface area contributed by atoms with Crippen LogP contribution in [0.2, 0.25) is 0 Å². The van der Waals surface area contributed by atoms with Crippen molar-refractivity contribution in [1.29, 1.82) is 0 Å². The van der Waals surface area contributed by atoms with Crippen LogP contribution in [0.3, 0.4) is 0 Å². The number of hydrogen-bond acceptors (Lipinski definition) is 5. The Bertz CT molecular complexity index is 795. The molecular formula is C18H19N3O3S. The van der Waals surface area contributed by atoms with E-state index in [1.54, 1.807) is 0 Å². The van der Waals surface area contributed by atoms with Crippen LogP contribution in [0, 0.1) is 0 Å². The van der Waals surface area contributed by atoms with Crippen molar-refractivity contribution in [3.63, 3.8) is 0 Å². The van der Waals surface area contributed by atoms with Gasteiger partial charge in [0.05, 0.1) is 5.69 Å². The molecule has 130 valence electrons. The molecule has 1 N–H and O–H groups in total. The first kappa shape index (κ1) is 17.3. The van der Waals surface area contributed by atoms with Crippen molar-refractivity contribution in [3.05, 3.63) is 35.2 Å². The number of carbonyl (C=O) groups excluding carboxylic acids is 3. The van der Waals surface area contributed by atoms with Crippen LogP contribution in [0.4, 0.5) is 5.13 Å². The fourth-order valence-corrected chi connectivity index (χ4v) is 3.34. The zero-order valence-electron chi connectivity index (χ0n) is 14.1. The molecule has 0 saturated carbocycles. The predicted molar refractivity (Wildman–Crippen MR) is 96.2 cm³/mol. The Morgan fingerprint density at radius 2 is 1.84 bits per heavy atom. The van der Waals surface area contributed by atoms with E-state index in [2.05, 4.69) is 36.3 Å². The summed E-state index contributed by atoms with van der Waals surface area (Å²) in [5, 5.41) is 4.97. The van der Waals surface area contributed by atoms with Crippen LogP contribution >= 0.6 is 11.3 Å². The van der Waals surface area contributed by atoms with Crippen LogP contribution < -0.4 is 5.32 Å². The van der Waals surface area contributed by atoms with Gasteiger partial charge in [0.1, 0.15) is 6.54 Å². The molecule has 1 aliphatic heterocycles. The van der Waals surface area contributed by atoms with E-state index in [9.17, 15) is 14.4 Å². The molecule has 1 saturated heterocycles. The van der Waals surface area contributed by atoms with E-state index in [0.29, 0.717) is 11.0 Å². The molecule has 1 aromatic carbocycles. The summed E-state index contributed by atoms with van der Waals surface area (Å²) in [5.74, 6) is -0.551. The van der Waals surface area contributed by atoms with E-state index in [1.165, 1.54) is 16.9 Å². The zero-order valence-corrected chi connectivity index (χ0v) is 14.9. The number of benzene rings is 1. The van der Waals surface area contributed by atoms with Crippen molar-refractivity contribution in [2.45, 2.75) is 32.6 Å². The van der Waals surface area contributed by atoms with E-state index >= 15 is 0 Å². The normalized spacial score (nSPS) is 14.4. The van der Waals surface area contributed by atoms with Crippen LogP contribution in [0.15, 0.2) is 29.6 Å². The Hall–Kier alpha value is -2.54. The fourth-order valence-electron chi connectivity index (χ4n) is 2.60. The topological polar surface area (TPSA) is 79.4 Å². The standard InChI is InChI=1S/C18H19N3O3S/c1-11(2)12-3-5-13(6-4-12)14-10-25-18(19-14)20-15(22)9-21-16(23)7-8-17(21)24/h3-6,10-11H,7-9H2,1-2H3,(H,19,20,22). The second kappa shape index (κ2) is 7.14. The zero-order chi connectivity index (χ0) is 18.0. The number of aromatic nitrogens is 1. The minimum absolute atomic E-state index is 0.180. The van der Waals surface area contributed by atoms with Crippen LogP contribution in [0.1, 0.15) is 38.2 Å². The van der Waals surface area contributed by atoms with Gasteiger partial charge in [-0.25, -0.2) is 4.98 Å². The van der Waals surface area contributed by atoms with Gasteiger partial charge in [0.2, 0.25) is 17.7 Å². The smallest absolute Gasteiger partial charge is 0.246 e. The molecule has 0 bridgehead atoms. The molecule has 1 aromatic heterocycles. The Morgan fingerprint density at radius 1 is 1.20 bits per heavy atom. The number of rotatable bonds is 5. The lowest BCUT2D eigenvalue weighted by atomic mass is 10.0. The highest BCUT2D eigenvalue weighted by Gasteiger charge is 2.30. The van der Waals surface area contributed by atoms with Gasteiger partial charge in [-0.1, -0.05) is 38.1 Å². The van der Waals surface area contributed by atoms with E-state index in [1.807, 2.05) is 17.5 Å². The number of anilines is 1. The van der Waals surface area contributed by atoms with Crippen LogP contribution in [0.5, 0.6) is 0 Å². The van der Waals surface area contributed by atoms with Gasteiger partial charge in [-0.3, -0.25) is 19.3 Å². The SMILES string of the molecule is CC(C)c1ccc(-c2csc(NC(=O)CN3C(=O)CCC3=O)n2)cc1. The second-order valence-electron chi connectivity index (χ2n) is 6.24. The highest BCUT2D eigenvalue weighted by Crippen LogP contribution is 2.26. The lowest BCUT2D eigenvalue weighted by Gasteiger charge is -2.12. The number of carbonyl (C=O) groups is 3. The monoisotopic (exact) mass is 357 g/mol. The van der Waals surface area contributed by atoms with E-state index in [-0.39, 0.29) is 31.2 Å². The van der Waals surface area contributed by atoms with E-state index in [4.69, 9.17) is 0 Å². The van der Waals surface area contributed by atoms with Crippen molar-refractivity contribution < 1.29 is 14.4 Å². The van der Waals surface area contributed by atoms with E-state index in [0.717, 1.165) is 16.2 Å². The average Bonchev–Trinajstić information content (AvgIpc) is 3.17. The number of nitrogens with one attached hydrogen (secondary N) is 1. The molecule has 25 heavy (non-hydrogen) atoms. The first-order valence-electron chi connectivity index (χ1n) is 8.13. The maximum Gasteiger partial charge on any atom is 0.246 e. The highest BCUT2D eigenvalue weighted by molar-refractivity contribution is 7.14. The Morgan fingerprint density at radius 3 is 2.44 bits per heavy atom. The fraction of sp³-hybridized carbons (Fsp3) is 0.333. The Balaban J connectivity index is 1.64. The quantitative estimate of drug-likeness (QED) is 0.834. The van der Waals surface area contributed by atoms with Gasteiger partial charge in [-0.2, -0.15) is 0 Å². The van der Waals surface area contributed by atoms with Crippen molar-refractivity contribution in [2.75, 3.05) is 11.9 Å². The lowest BCUT2D eigenvalue weighted by Crippen LogP contribution is -2.36. The summed E-state index contributed by atoms with van der Waals surface area (Å²) in [7, 11) is 0. The summed E-state index contributed by atoms with van der Waals surface area (Å²) in [6.07, 6.45) is 0.361. The number of likely N-dealkylation sites (tertiary alicyclic amines) is 1. The minimum atomic E-state index is -0.417. The van der Waals surface area contributed by atoms with E-state index < -0.39 is 5.91 Å². The number of nitrogens with zero attached hydrogens (tertiary/aromatic N) is 2. The molecule has 0 unspecified atom stereocenters. The van der Waals surface area contributed by atoms with Gasteiger partial charge < -0.3 is 5.32 Å². The average molecular weight is 357 g/mol. The maximum atomic E-state index is 12.0. The second-order valence-corrected chi connectivity index (χ2v) is 7.09. The lowest BCUT2D eigenvalue weighted by molar-refractivity contribution is -0.141. The molecule has 3 rings (SSSR count). The van der Waals surface area contributed by atoms with Crippen molar-refractivity contribution in [3.8, 4) is 11.3 Å². The number of amides is 3. The molecule has 6 nitrogen and oxygen atoms in total. The molecule has 0 radical (unpaired) electrons. The van der Waals surface area contributed by atoms with Crippen LogP contribution in [-0.2, 0) is 14.4 Å². The van der Waals surface area contributed by atoms with Crippen LogP contribution in [-0.4, -0.2) is 34.2 Å². The van der Waals surface area contributed by atoms with Gasteiger partial charge >= 0.3 is 0 Å². The summed E-state index contributed by atoms with van der Waals surface area (Å²) >= 11 is 1.31. The summed E-state index contributed by atoms with van der Waals surface area (Å²) in [4.78, 5) is 40.5. The summed E-state index contributed by atoms with van der Waals surface area (Å²) in [6.45, 7) is 4.03. The third kappa shape index (κ3) is 3.93. The predicted octanol–water partition coefficient (Wildman–Crippen LogP) is 3.02. The molecular weight excluding hydrogens is 338 g/mol. The van der Waals surface area contributed by atoms with Gasteiger partial charge in [0.15, 0.2) is 5.13 Å². The Labute approximate surface area is 149 Å². The molecule has 0 spiro atoms. The first-order chi connectivity index (χ1) is 11.9. The molecule has 1 fully saturated rings. The van der Waals surface area contributed by atoms with Crippen LogP contribution in [0.25, 0.3) is 11.3 Å². The first-order valence-corrected chi connectivity index (χ1v) is 9.01. The van der Waals surface area contributed by atoms with Crippen molar-refractivity contribution >= 4 is 34.2 Å². The third-order valence-corrected chi connectivity index (χ3v) is 4.84. The number of hydrogen-bond donors (Lipinski definition) is 1. The van der Waals surface area contributed by atoms with Crippen molar-refractivity contribution in [2.24, 2.45) is 0 Å². The summed E-state index contributed by atoms with van der Waals surface area (Å²) in [5.41, 5.74) is 3.02. The van der Waals surface area contributed by atoms with Gasteiger partial charge in [-0.05, 0) is 11.5 Å². The maximum absolute atomic E-state index is 12.0. The number of thiazole rings is 1. The van der Waals surface area contributed by atoms with Crippen molar-refractivity contribution in [1.82, 2.24) is 9.88 Å². The molecule has 2 aromatic rings.